The fraction of sp³-hybridized carbons (Fsp3) is 1.00. The Morgan fingerprint density at radius 2 is 1.13 bits per heavy atom. The van der Waals surface area contributed by atoms with E-state index in [0.29, 0.717) is 0 Å². The third-order valence-electron chi connectivity index (χ3n) is 2.64. The summed E-state index contributed by atoms with van der Waals surface area (Å²) in [6.45, 7) is 2.27. The van der Waals surface area contributed by atoms with Crippen LogP contribution in [-0.2, 0) is 0 Å². The zero-order valence-electron chi connectivity index (χ0n) is 10.2. The van der Waals surface area contributed by atoms with Crippen LogP contribution in [0, 0.1) is 0 Å². The Morgan fingerprint density at radius 1 is 0.733 bits per heavy atom. The van der Waals surface area contributed by atoms with Crippen LogP contribution in [-0.4, -0.2) is 30.5 Å². The third kappa shape index (κ3) is 17.3. The largest absolute Gasteiger partial charge is 0.412 e. The van der Waals surface area contributed by atoms with E-state index >= 15 is 0 Å². The van der Waals surface area contributed by atoms with Crippen LogP contribution >= 0.6 is 0 Å². The van der Waals surface area contributed by atoms with E-state index in [0.717, 1.165) is 0 Å². The molecule has 0 aromatic carbocycles. The van der Waals surface area contributed by atoms with Crippen molar-refractivity contribution in [2.75, 3.05) is 0 Å². The van der Waals surface area contributed by atoms with E-state index in [-0.39, 0.29) is 5.48 Å². The van der Waals surface area contributed by atoms with Crippen LogP contribution < -0.4 is 0 Å². The monoisotopic (exact) mass is 324 g/mol. The van der Waals surface area contributed by atoms with Gasteiger partial charge in [-0.05, 0) is 0 Å². The summed E-state index contributed by atoms with van der Waals surface area (Å²) in [5, 5.41) is 0. The van der Waals surface area contributed by atoms with Gasteiger partial charge in [-0.3, -0.25) is 0 Å². The molecule has 0 unspecified atom stereocenters. The van der Waals surface area contributed by atoms with Crippen molar-refractivity contribution in [1.82, 2.24) is 0 Å². The molecule has 3 N–H and O–H groups in total. The second kappa shape index (κ2) is 17.1. The first kappa shape index (κ1) is 18.1. The van der Waals surface area contributed by atoms with Crippen molar-refractivity contribution in [1.29, 1.82) is 0 Å². The fourth-order valence-corrected chi connectivity index (χ4v) is 2.86. The van der Waals surface area contributed by atoms with Gasteiger partial charge >= 0.3 is 101 Å². The molecule has 2 radical (unpaired) electrons. The smallest absolute Gasteiger partial charge is 0.412 e. The summed E-state index contributed by atoms with van der Waals surface area (Å²) < 4.78 is 9.93. The molecule has 15 heavy (non-hydrogen) atoms. The van der Waals surface area contributed by atoms with E-state index < -0.39 is 21.6 Å². The SMILES string of the molecule is CCCCCCCCCCC[CH2][Sn][OH].O. The van der Waals surface area contributed by atoms with Crippen LogP contribution in [0.25, 0.3) is 0 Å². The van der Waals surface area contributed by atoms with Crippen LogP contribution in [0.2, 0.25) is 4.44 Å². The van der Waals surface area contributed by atoms with Crippen molar-refractivity contribution in [2.24, 2.45) is 0 Å². The Labute approximate surface area is 106 Å². The van der Waals surface area contributed by atoms with Crippen molar-refractivity contribution >= 4 is 21.6 Å². The molecule has 0 aliphatic carbocycles. The van der Waals surface area contributed by atoms with Gasteiger partial charge in [0.25, 0.3) is 0 Å². The molecule has 0 heterocycles. The Kier molecular flexibility index (Phi) is 20.7. The van der Waals surface area contributed by atoms with Gasteiger partial charge in [0, 0.05) is 0 Å². The molecule has 0 amide bonds. The molecule has 0 saturated carbocycles. The Balaban J connectivity index is 0. The second-order valence-electron chi connectivity index (χ2n) is 4.09. The molecule has 0 aromatic heterocycles. The Hall–Kier alpha value is 0.719. The van der Waals surface area contributed by atoms with Gasteiger partial charge in [0.15, 0.2) is 0 Å². The average molecular weight is 323 g/mol. The van der Waals surface area contributed by atoms with E-state index in [9.17, 15) is 0 Å². The number of hydrogen-bond donors (Lipinski definition) is 1. The summed E-state index contributed by atoms with van der Waals surface area (Å²) >= 11 is -0.866. The maximum atomic E-state index is 8.76. The maximum absolute atomic E-state index is 8.76. The van der Waals surface area contributed by atoms with E-state index in [2.05, 4.69) is 6.92 Å². The molecule has 0 aliphatic heterocycles. The Bertz CT molecular complexity index is 87.6. The van der Waals surface area contributed by atoms with Crippen LogP contribution in [0.15, 0.2) is 0 Å². The topological polar surface area (TPSA) is 51.7 Å². The first-order valence-electron chi connectivity index (χ1n) is 6.28. The zero-order valence-corrected chi connectivity index (χ0v) is 13.1. The standard InChI is InChI=1S/C12H25.2H2O.Sn/c1-3-5-7-9-11-12-10-8-6-4-2;;;/h1,3-12H2,2H3;2*1H2;/q;;;+1/p-1. The Morgan fingerprint density at radius 3 is 1.53 bits per heavy atom. The van der Waals surface area contributed by atoms with E-state index in [1.807, 2.05) is 0 Å². The van der Waals surface area contributed by atoms with Crippen LogP contribution in [0.3, 0.4) is 0 Å². The first-order chi connectivity index (χ1) is 6.91. The van der Waals surface area contributed by atoms with Crippen LogP contribution in [0.5, 0.6) is 0 Å². The predicted molar refractivity (Wildman–Crippen MR) is 68.2 cm³/mol. The number of rotatable bonds is 11. The van der Waals surface area contributed by atoms with Crippen molar-refractivity contribution < 1.29 is 8.92 Å². The molecule has 0 saturated heterocycles. The summed E-state index contributed by atoms with van der Waals surface area (Å²) in [5.74, 6) is 0. The van der Waals surface area contributed by atoms with Gasteiger partial charge in [0.2, 0.25) is 0 Å². The minimum atomic E-state index is -0.866. The molecule has 0 rings (SSSR count). The van der Waals surface area contributed by atoms with E-state index in [4.69, 9.17) is 3.44 Å². The minimum absolute atomic E-state index is 0. The summed E-state index contributed by atoms with van der Waals surface area (Å²) in [4.78, 5) is 0. The molecule has 0 atom stereocenters. The molecule has 0 fully saturated rings. The van der Waals surface area contributed by atoms with E-state index in [1.165, 1.54) is 68.6 Å². The molecular formula is C12H28O2Sn. The summed E-state index contributed by atoms with van der Waals surface area (Å²) in [6, 6.07) is 0. The minimum Gasteiger partial charge on any atom is -0.412 e. The van der Waals surface area contributed by atoms with Gasteiger partial charge in [-0.1, -0.05) is 0 Å². The molecule has 0 aromatic rings. The maximum Gasteiger partial charge on any atom is -0.412 e. The molecular weight excluding hydrogens is 295 g/mol. The average Bonchev–Trinajstić information content (AvgIpc) is 2.21. The van der Waals surface area contributed by atoms with Crippen molar-refractivity contribution in [3.63, 3.8) is 0 Å². The molecule has 92 valence electrons. The first-order valence-corrected chi connectivity index (χ1v) is 9.58. The van der Waals surface area contributed by atoms with Crippen LogP contribution in [0.1, 0.15) is 71.1 Å². The number of unbranched alkanes of at least 4 members (excludes halogenated alkanes) is 9. The normalized spacial score (nSPS) is 10.0. The summed E-state index contributed by atoms with van der Waals surface area (Å²) in [6.07, 6.45) is 14.0. The molecule has 3 heteroatoms. The fourth-order valence-electron chi connectivity index (χ4n) is 1.69. The molecule has 0 aliphatic rings. The van der Waals surface area contributed by atoms with Gasteiger partial charge in [0.05, 0.1) is 0 Å². The second-order valence-corrected chi connectivity index (χ2v) is 6.42. The number of hydrogen-bond acceptors (Lipinski definition) is 1. The van der Waals surface area contributed by atoms with Crippen molar-refractivity contribution in [2.45, 2.75) is 75.6 Å². The predicted octanol–water partition coefficient (Wildman–Crippen LogP) is 3.11. The molecule has 0 bridgehead atoms. The zero-order chi connectivity index (χ0) is 10.5. The van der Waals surface area contributed by atoms with Crippen molar-refractivity contribution in [3.05, 3.63) is 0 Å². The molecule has 0 spiro atoms. The molecule has 2 nitrogen and oxygen atoms in total. The van der Waals surface area contributed by atoms with Gasteiger partial charge in [0.1, 0.15) is 0 Å². The van der Waals surface area contributed by atoms with Crippen molar-refractivity contribution in [3.8, 4) is 0 Å². The van der Waals surface area contributed by atoms with Gasteiger partial charge in [-0.2, -0.15) is 0 Å². The van der Waals surface area contributed by atoms with Crippen LogP contribution in [0.4, 0.5) is 0 Å². The van der Waals surface area contributed by atoms with Gasteiger partial charge < -0.3 is 5.48 Å². The summed E-state index contributed by atoms with van der Waals surface area (Å²) in [7, 11) is 0. The summed E-state index contributed by atoms with van der Waals surface area (Å²) in [5.41, 5.74) is 0. The van der Waals surface area contributed by atoms with E-state index in [1.54, 1.807) is 0 Å². The van der Waals surface area contributed by atoms with Gasteiger partial charge in [-0.15, -0.1) is 0 Å². The quantitative estimate of drug-likeness (QED) is 0.461. The van der Waals surface area contributed by atoms with Gasteiger partial charge in [-0.25, -0.2) is 0 Å². The third-order valence-corrected chi connectivity index (χ3v) is 4.29.